The van der Waals surface area contributed by atoms with Crippen molar-refractivity contribution in [1.29, 1.82) is 0 Å². The summed E-state index contributed by atoms with van der Waals surface area (Å²) in [6.45, 7) is 1.14. The predicted molar refractivity (Wildman–Crippen MR) is 105 cm³/mol. The Morgan fingerprint density at radius 3 is 2.69 bits per heavy atom. The van der Waals surface area contributed by atoms with Gasteiger partial charge in [0.25, 0.3) is 0 Å². The summed E-state index contributed by atoms with van der Waals surface area (Å²) in [4.78, 5) is 3.21. The molecule has 0 saturated carbocycles. The number of aliphatic hydroxyl groups excluding tert-OH is 1. The molecule has 1 saturated heterocycles. The second-order valence-electron chi connectivity index (χ2n) is 6.48. The number of thiophene rings is 1. The molecule has 26 heavy (non-hydrogen) atoms. The zero-order valence-electron chi connectivity index (χ0n) is 14.3. The van der Waals surface area contributed by atoms with Crippen LogP contribution in [0, 0.1) is 0 Å². The molecular formula is C18H22ClNO4S2. The summed E-state index contributed by atoms with van der Waals surface area (Å²) in [5.74, 6) is 1.01. The highest BCUT2D eigenvalue weighted by Gasteiger charge is 2.33. The van der Waals surface area contributed by atoms with Crippen LogP contribution in [-0.4, -0.2) is 55.2 Å². The van der Waals surface area contributed by atoms with Crippen molar-refractivity contribution in [3.63, 3.8) is 0 Å². The van der Waals surface area contributed by atoms with Crippen molar-refractivity contribution >= 4 is 32.8 Å². The van der Waals surface area contributed by atoms with Crippen LogP contribution in [0.1, 0.15) is 11.3 Å². The molecule has 0 spiro atoms. The molecular weight excluding hydrogens is 394 g/mol. The van der Waals surface area contributed by atoms with E-state index in [1.165, 1.54) is 0 Å². The van der Waals surface area contributed by atoms with E-state index < -0.39 is 15.9 Å². The molecule has 1 aromatic heterocycles. The molecule has 3 rings (SSSR count). The molecule has 1 aliphatic heterocycles. The highest BCUT2D eigenvalue weighted by Crippen LogP contribution is 2.22. The molecule has 5 nitrogen and oxygen atoms in total. The van der Waals surface area contributed by atoms with Crippen molar-refractivity contribution < 1.29 is 18.3 Å². The van der Waals surface area contributed by atoms with Crippen molar-refractivity contribution in [2.45, 2.75) is 25.1 Å². The monoisotopic (exact) mass is 415 g/mol. The van der Waals surface area contributed by atoms with E-state index in [0.29, 0.717) is 30.3 Å². The average molecular weight is 416 g/mol. The molecule has 2 aromatic rings. The molecule has 1 aromatic carbocycles. The highest BCUT2D eigenvalue weighted by atomic mass is 35.5. The van der Waals surface area contributed by atoms with Crippen LogP contribution in [0.2, 0.25) is 5.02 Å². The fourth-order valence-corrected chi connectivity index (χ4v) is 5.67. The Bertz CT molecular complexity index is 793. The lowest BCUT2D eigenvalue weighted by atomic mass is 10.2. The smallest absolute Gasteiger partial charge is 0.151 e. The van der Waals surface area contributed by atoms with Gasteiger partial charge in [-0.1, -0.05) is 17.7 Å². The molecule has 0 unspecified atom stereocenters. The average Bonchev–Trinajstić information content (AvgIpc) is 3.23. The Morgan fingerprint density at radius 2 is 2.08 bits per heavy atom. The van der Waals surface area contributed by atoms with E-state index in [9.17, 15) is 13.5 Å². The first-order chi connectivity index (χ1) is 12.4. The SMILES string of the molecule is O=S1(=O)CC[C@H](N(Cc2cccs2)C[C@@H](O)COc2ccc(Cl)cc2)C1. The first-order valence-electron chi connectivity index (χ1n) is 8.44. The molecule has 1 aliphatic rings. The van der Waals surface area contributed by atoms with Crippen LogP contribution in [0.4, 0.5) is 0 Å². The third-order valence-electron chi connectivity index (χ3n) is 4.37. The number of nitrogens with zero attached hydrogens (tertiary/aromatic N) is 1. The van der Waals surface area contributed by atoms with Gasteiger partial charge in [-0.15, -0.1) is 11.3 Å². The van der Waals surface area contributed by atoms with E-state index in [1.54, 1.807) is 35.6 Å². The lowest BCUT2D eigenvalue weighted by molar-refractivity contribution is 0.0529. The number of ether oxygens (including phenoxy) is 1. The summed E-state index contributed by atoms with van der Waals surface area (Å²) < 4.78 is 29.3. The van der Waals surface area contributed by atoms with Crippen LogP contribution >= 0.6 is 22.9 Å². The van der Waals surface area contributed by atoms with E-state index in [-0.39, 0.29) is 24.2 Å². The van der Waals surface area contributed by atoms with Crippen LogP contribution < -0.4 is 4.74 Å². The molecule has 2 heterocycles. The number of benzene rings is 1. The van der Waals surface area contributed by atoms with Gasteiger partial charge in [-0.25, -0.2) is 8.42 Å². The lowest BCUT2D eigenvalue weighted by Crippen LogP contribution is -2.42. The van der Waals surface area contributed by atoms with Crippen molar-refractivity contribution in [2.24, 2.45) is 0 Å². The standard InChI is InChI=1S/C18H22ClNO4S2/c19-14-3-5-17(6-4-14)24-12-16(21)10-20(11-18-2-1-8-25-18)15-7-9-26(22,23)13-15/h1-6,8,15-16,21H,7,9-13H2/t15-,16+/m0/s1. The molecule has 1 fully saturated rings. The third kappa shape index (κ3) is 5.69. The molecule has 1 N–H and O–H groups in total. The van der Waals surface area contributed by atoms with Gasteiger partial charge in [-0.05, 0) is 42.1 Å². The molecule has 0 aliphatic carbocycles. The Hall–Kier alpha value is -1.12. The number of sulfone groups is 1. The first-order valence-corrected chi connectivity index (χ1v) is 11.5. The Morgan fingerprint density at radius 1 is 1.31 bits per heavy atom. The first kappa shape index (κ1) is 19.6. The van der Waals surface area contributed by atoms with Crippen molar-refractivity contribution in [3.05, 3.63) is 51.7 Å². The van der Waals surface area contributed by atoms with Crippen molar-refractivity contribution in [3.8, 4) is 5.75 Å². The summed E-state index contributed by atoms with van der Waals surface area (Å²) in [5, 5.41) is 13.0. The maximum absolute atomic E-state index is 11.8. The van der Waals surface area contributed by atoms with Crippen molar-refractivity contribution in [2.75, 3.05) is 24.7 Å². The van der Waals surface area contributed by atoms with Crippen LogP contribution in [0.5, 0.6) is 5.75 Å². The van der Waals surface area contributed by atoms with E-state index >= 15 is 0 Å². The van der Waals surface area contributed by atoms with Crippen LogP contribution in [0.25, 0.3) is 0 Å². The highest BCUT2D eigenvalue weighted by molar-refractivity contribution is 7.91. The maximum atomic E-state index is 11.8. The van der Waals surface area contributed by atoms with E-state index in [1.807, 2.05) is 17.5 Å². The van der Waals surface area contributed by atoms with Gasteiger partial charge in [0.2, 0.25) is 0 Å². The van der Waals surface area contributed by atoms with Gasteiger partial charge in [0.15, 0.2) is 9.84 Å². The number of aliphatic hydroxyl groups is 1. The minimum Gasteiger partial charge on any atom is -0.491 e. The quantitative estimate of drug-likeness (QED) is 0.718. The second kappa shape index (κ2) is 8.71. The fraction of sp³-hybridized carbons (Fsp3) is 0.444. The Balaban J connectivity index is 1.59. The molecule has 8 heteroatoms. The minimum absolute atomic E-state index is 0.0627. The minimum atomic E-state index is -2.98. The van der Waals surface area contributed by atoms with Gasteiger partial charge in [0.1, 0.15) is 18.5 Å². The summed E-state index contributed by atoms with van der Waals surface area (Å²) in [6.07, 6.45) is -0.104. The van der Waals surface area contributed by atoms with E-state index in [2.05, 4.69) is 4.90 Å². The number of hydrogen-bond acceptors (Lipinski definition) is 6. The number of hydrogen-bond donors (Lipinski definition) is 1. The Labute approximate surface area is 163 Å². The zero-order valence-corrected chi connectivity index (χ0v) is 16.6. The van der Waals surface area contributed by atoms with E-state index in [0.717, 1.165) is 4.88 Å². The Kier molecular flexibility index (Phi) is 6.58. The predicted octanol–water partition coefficient (Wildman–Crippen LogP) is 2.83. The molecule has 2 atom stereocenters. The van der Waals surface area contributed by atoms with Gasteiger partial charge in [0, 0.05) is 29.0 Å². The molecule has 142 valence electrons. The molecule has 0 amide bonds. The zero-order chi connectivity index (χ0) is 18.6. The second-order valence-corrected chi connectivity index (χ2v) is 10.2. The molecule has 0 radical (unpaired) electrons. The largest absolute Gasteiger partial charge is 0.491 e. The van der Waals surface area contributed by atoms with Gasteiger partial charge in [-0.2, -0.15) is 0 Å². The van der Waals surface area contributed by atoms with Gasteiger partial charge in [-0.3, -0.25) is 4.90 Å². The fourth-order valence-electron chi connectivity index (χ4n) is 3.06. The van der Waals surface area contributed by atoms with E-state index in [4.69, 9.17) is 16.3 Å². The maximum Gasteiger partial charge on any atom is 0.151 e. The van der Waals surface area contributed by atoms with Crippen LogP contribution in [-0.2, 0) is 16.4 Å². The van der Waals surface area contributed by atoms with Crippen LogP contribution in [0.3, 0.4) is 0 Å². The van der Waals surface area contributed by atoms with Crippen LogP contribution in [0.15, 0.2) is 41.8 Å². The summed E-state index contributed by atoms with van der Waals surface area (Å²) in [7, 11) is -2.98. The van der Waals surface area contributed by atoms with Gasteiger partial charge in [0.05, 0.1) is 11.5 Å². The number of rotatable bonds is 8. The third-order valence-corrected chi connectivity index (χ3v) is 7.23. The summed E-state index contributed by atoms with van der Waals surface area (Å²) >= 11 is 7.48. The van der Waals surface area contributed by atoms with Gasteiger partial charge < -0.3 is 9.84 Å². The lowest BCUT2D eigenvalue weighted by Gasteiger charge is -2.29. The number of halogens is 1. The summed E-state index contributed by atoms with van der Waals surface area (Å²) in [5.41, 5.74) is 0. The van der Waals surface area contributed by atoms with Gasteiger partial charge >= 0.3 is 0 Å². The normalized spacial score (nSPS) is 20.3. The topological polar surface area (TPSA) is 66.8 Å². The molecule has 0 bridgehead atoms. The summed E-state index contributed by atoms with van der Waals surface area (Å²) in [6, 6.07) is 10.9. The van der Waals surface area contributed by atoms with Crippen molar-refractivity contribution in [1.82, 2.24) is 4.90 Å².